The number of aromatic hydroxyl groups is 1. The Hall–Kier alpha value is -3.09. The van der Waals surface area contributed by atoms with E-state index in [1.54, 1.807) is 6.07 Å². The second-order valence-corrected chi connectivity index (χ2v) is 6.63. The third kappa shape index (κ3) is 6.20. The van der Waals surface area contributed by atoms with Gasteiger partial charge in [-0.2, -0.15) is 0 Å². The molecule has 0 saturated heterocycles. The van der Waals surface area contributed by atoms with Gasteiger partial charge in [-0.05, 0) is 43.2 Å². The Labute approximate surface area is 168 Å². The first-order valence-corrected chi connectivity index (χ1v) is 9.45. The van der Waals surface area contributed by atoms with Crippen molar-refractivity contribution in [2.45, 2.75) is 39.5 Å². The molecule has 29 heavy (non-hydrogen) atoms. The maximum absolute atomic E-state index is 14.0. The Balaban J connectivity index is 1.90. The summed E-state index contributed by atoms with van der Waals surface area (Å²) in [6, 6.07) is 7.28. The molecular weight excluding hydrogens is 379 g/mol. The van der Waals surface area contributed by atoms with E-state index < -0.39 is 11.8 Å². The number of hydrogen-bond donors (Lipinski definition) is 2. The van der Waals surface area contributed by atoms with Gasteiger partial charge in [0.05, 0.1) is 25.2 Å². The monoisotopic (exact) mass is 404 g/mol. The molecule has 6 nitrogen and oxygen atoms in total. The molecule has 0 aliphatic carbocycles. The lowest BCUT2D eigenvalue weighted by molar-refractivity contribution is -0.136. The molecule has 2 N–H and O–H groups in total. The fraction of sp³-hybridized carbons (Fsp3) is 0.364. The lowest BCUT2D eigenvalue weighted by Gasteiger charge is -2.15. The van der Waals surface area contributed by atoms with Crippen LogP contribution in [0.4, 0.5) is 4.39 Å². The standard InChI is InChI=1S/C22H25FO6/c1-3-5-17-19(9-7-16(14(2)24)22(17)27)28-10-4-11-29-20-8-6-15(12-18(20)23)13-21(25)26/h6-9,12,27H,3-5,10-11,13H2,1-2H3,(H,25,26). The Kier molecular flexibility index (Phi) is 8.00. The van der Waals surface area contributed by atoms with Gasteiger partial charge < -0.3 is 19.7 Å². The van der Waals surface area contributed by atoms with Crippen molar-refractivity contribution >= 4 is 11.8 Å². The molecule has 0 unspecified atom stereocenters. The number of ketones is 1. The molecule has 0 spiro atoms. The fourth-order valence-electron chi connectivity index (χ4n) is 2.90. The molecule has 0 saturated carbocycles. The molecular formula is C22H25FO6. The lowest BCUT2D eigenvalue weighted by Crippen LogP contribution is -2.08. The molecule has 2 aromatic rings. The number of phenols is 1. The Morgan fingerprint density at radius 2 is 1.72 bits per heavy atom. The van der Waals surface area contributed by atoms with Crippen molar-refractivity contribution in [1.29, 1.82) is 0 Å². The first-order valence-electron chi connectivity index (χ1n) is 9.45. The number of hydrogen-bond acceptors (Lipinski definition) is 5. The molecule has 7 heteroatoms. The molecule has 0 amide bonds. The van der Waals surface area contributed by atoms with Crippen molar-refractivity contribution < 1.29 is 33.7 Å². The number of carboxylic acid groups (broad SMARTS) is 1. The van der Waals surface area contributed by atoms with E-state index in [0.717, 1.165) is 12.5 Å². The third-order valence-corrected chi connectivity index (χ3v) is 4.27. The number of carboxylic acids is 1. The van der Waals surface area contributed by atoms with Gasteiger partial charge in [-0.1, -0.05) is 19.4 Å². The van der Waals surface area contributed by atoms with Crippen molar-refractivity contribution in [2.75, 3.05) is 13.2 Å². The second kappa shape index (κ2) is 10.5. The second-order valence-electron chi connectivity index (χ2n) is 6.63. The lowest BCUT2D eigenvalue weighted by atomic mass is 10.0. The van der Waals surface area contributed by atoms with Crippen LogP contribution in [0, 0.1) is 5.82 Å². The number of benzene rings is 2. The third-order valence-electron chi connectivity index (χ3n) is 4.27. The maximum atomic E-state index is 14.0. The van der Waals surface area contributed by atoms with Crippen LogP contribution in [0.15, 0.2) is 30.3 Å². The van der Waals surface area contributed by atoms with Gasteiger partial charge in [0, 0.05) is 12.0 Å². The van der Waals surface area contributed by atoms with E-state index in [-0.39, 0.29) is 42.5 Å². The molecule has 0 aromatic heterocycles. The maximum Gasteiger partial charge on any atom is 0.307 e. The highest BCUT2D eigenvalue weighted by molar-refractivity contribution is 5.97. The molecule has 156 valence electrons. The van der Waals surface area contributed by atoms with Crippen LogP contribution < -0.4 is 9.47 Å². The fourth-order valence-corrected chi connectivity index (χ4v) is 2.90. The van der Waals surface area contributed by atoms with E-state index >= 15 is 0 Å². The number of carbonyl (C=O) groups is 2. The number of carbonyl (C=O) groups excluding carboxylic acids is 1. The minimum absolute atomic E-state index is 0.0448. The van der Waals surface area contributed by atoms with Gasteiger partial charge >= 0.3 is 5.97 Å². The minimum atomic E-state index is -1.03. The van der Waals surface area contributed by atoms with Gasteiger partial charge in [0.2, 0.25) is 0 Å². The highest BCUT2D eigenvalue weighted by Crippen LogP contribution is 2.33. The van der Waals surface area contributed by atoms with Gasteiger partial charge in [-0.15, -0.1) is 0 Å². The van der Waals surface area contributed by atoms with Crippen LogP contribution in [-0.4, -0.2) is 35.2 Å². The van der Waals surface area contributed by atoms with Crippen LogP contribution in [0.1, 0.15) is 48.2 Å². The van der Waals surface area contributed by atoms with E-state index in [1.165, 1.54) is 25.1 Å². The van der Waals surface area contributed by atoms with Crippen LogP contribution in [-0.2, 0) is 17.6 Å². The number of aliphatic carboxylic acids is 1. The summed E-state index contributed by atoms with van der Waals surface area (Å²) in [7, 11) is 0. The molecule has 0 atom stereocenters. The van der Waals surface area contributed by atoms with E-state index in [4.69, 9.17) is 14.6 Å². The topological polar surface area (TPSA) is 93.1 Å². The summed E-state index contributed by atoms with van der Waals surface area (Å²) in [6.45, 7) is 3.86. The molecule has 0 heterocycles. The quantitative estimate of drug-likeness (QED) is 0.431. The van der Waals surface area contributed by atoms with E-state index in [1.807, 2.05) is 6.92 Å². The molecule has 2 aromatic carbocycles. The first-order chi connectivity index (χ1) is 13.8. The van der Waals surface area contributed by atoms with Crippen molar-refractivity contribution in [3.63, 3.8) is 0 Å². The van der Waals surface area contributed by atoms with Gasteiger partial charge in [-0.3, -0.25) is 9.59 Å². The predicted molar refractivity (Wildman–Crippen MR) is 105 cm³/mol. The molecule has 0 radical (unpaired) electrons. The number of halogens is 1. The van der Waals surface area contributed by atoms with Crippen LogP contribution in [0.2, 0.25) is 0 Å². The minimum Gasteiger partial charge on any atom is -0.507 e. The van der Waals surface area contributed by atoms with E-state index in [0.29, 0.717) is 29.7 Å². The van der Waals surface area contributed by atoms with E-state index in [2.05, 4.69) is 0 Å². The summed E-state index contributed by atoms with van der Waals surface area (Å²) in [5.74, 6) is -1.33. The van der Waals surface area contributed by atoms with Crippen LogP contribution >= 0.6 is 0 Å². The molecule has 2 rings (SSSR count). The van der Waals surface area contributed by atoms with Crippen LogP contribution in [0.5, 0.6) is 17.2 Å². The summed E-state index contributed by atoms with van der Waals surface area (Å²) < 4.78 is 25.1. The first kappa shape index (κ1) is 22.2. The average molecular weight is 404 g/mol. The highest BCUT2D eigenvalue weighted by Gasteiger charge is 2.16. The Bertz CT molecular complexity index is 878. The molecule has 0 aliphatic heterocycles. The highest BCUT2D eigenvalue weighted by atomic mass is 19.1. The number of rotatable bonds is 11. The normalized spacial score (nSPS) is 10.6. The van der Waals surface area contributed by atoms with Crippen LogP contribution in [0.25, 0.3) is 0 Å². The molecule has 0 aliphatic rings. The number of Topliss-reactive ketones (excluding diaryl/α,β-unsaturated/α-hetero) is 1. The zero-order valence-electron chi connectivity index (χ0n) is 16.5. The van der Waals surface area contributed by atoms with Crippen molar-refractivity contribution in [3.05, 3.63) is 52.8 Å². The van der Waals surface area contributed by atoms with Crippen LogP contribution in [0.3, 0.4) is 0 Å². The van der Waals surface area contributed by atoms with Crippen molar-refractivity contribution in [2.24, 2.45) is 0 Å². The zero-order chi connectivity index (χ0) is 21.4. The molecule has 0 fully saturated rings. The van der Waals surface area contributed by atoms with Gasteiger partial charge in [0.1, 0.15) is 11.5 Å². The SMILES string of the molecule is CCCc1c(OCCCOc2ccc(CC(=O)O)cc2F)ccc(C(C)=O)c1O. The summed E-state index contributed by atoms with van der Waals surface area (Å²) in [5, 5.41) is 19.1. The molecule has 0 bridgehead atoms. The Morgan fingerprint density at radius 3 is 2.31 bits per heavy atom. The summed E-state index contributed by atoms with van der Waals surface area (Å²) in [5.41, 5.74) is 1.23. The number of ether oxygens (including phenoxy) is 2. The predicted octanol–water partition coefficient (Wildman–Crippen LogP) is 4.16. The Morgan fingerprint density at radius 1 is 1.07 bits per heavy atom. The number of phenolic OH excluding ortho intramolecular Hbond substituents is 1. The van der Waals surface area contributed by atoms with Gasteiger partial charge in [0.15, 0.2) is 17.3 Å². The zero-order valence-corrected chi connectivity index (χ0v) is 16.5. The summed E-state index contributed by atoms with van der Waals surface area (Å²) in [6.07, 6.45) is 1.58. The average Bonchev–Trinajstić information content (AvgIpc) is 2.64. The van der Waals surface area contributed by atoms with Crippen molar-refractivity contribution in [3.8, 4) is 17.2 Å². The van der Waals surface area contributed by atoms with Crippen molar-refractivity contribution in [1.82, 2.24) is 0 Å². The van der Waals surface area contributed by atoms with Gasteiger partial charge in [-0.25, -0.2) is 4.39 Å². The smallest absolute Gasteiger partial charge is 0.307 e. The summed E-state index contributed by atoms with van der Waals surface area (Å²) >= 11 is 0. The largest absolute Gasteiger partial charge is 0.507 e. The van der Waals surface area contributed by atoms with Gasteiger partial charge in [0.25, 0.3) is 0 Å². The van der Waals surface area contributed by atoms with E-state index in [9.17, 15) is 19.1 Å². The summed E-state index contributed by atoms with van der Waals surface area (Å²) in [4.78, 5) is 22.3.